The molecule has 0 unspecified atom stereocenters. The van der Waals surface area contributed by atoms with Crippen LogP contribution in [0, 0.1) is 0 Å². The van der Waals surface area contributed by atoms with Gasteiger partial charge in [0.05, 0.1) is 6.21 Å². The van der Waals surface area contributed by atoms with Gasteiger partial charge in [0, 0.05) is 5.56 Å². The van der Waals surface area contributed by atoms with Gasteiger partial charge in [-0.05, 0) is 12.1 Å². The summed E-state index contributed by atoms with van der Waals surface area (Å²) in [6.07, 6.45) is 1.18. The van der Waals surface area contributed by atoms with Crippen LogP contribution in [0.1, 0.15) is 5.56 Å². The maximum absolute atomic E-state index is 12.2. The van der Waals surface area contributed by atoms with E-state index in [4.69, 9.17) is 0 Å². The molecule has 100 valence electrons. The molecule has 2 rings (SSSR count). The zero-order chi connectivity index (χ0) is 13.8. The van der Waals surface area contributed by atoms with Crippen molar-refractivity contribution >= 4 is 18.2 Å². The molecule has 0 aromatic heterocycles. The van der Waals surface area contributed by atoms with Crippen molar-refractivity contribution in [2.45, 2.75) is 6.61 Å². The quantitative estimate of drug-likeness (QED) is 0.659. The van der Waals surface area contributed by atoms with E-state index >= 15 is 0 Å². The number of ether oxygens (including phenoxy) is 1. The Balaban J connectivity index is 2.14. The lowest BCUT2D eigenvalue weighted by Gasteiger charge is -2.08. The largest absolute Gasteiger partial charge is 0.434 e. The number of hydrogen-bond donors (Lipinski definition) is 1. The summed E-state index contributed by atoms with van der Waals surface area (Å²) in [6, 6.07) is 5.32. The predicted octanol–water partition coefficient (Wildman–Crippen LogP) is 1.17. The molecule has 1 aliphatic rings. The van der Waals surface area contributed by atoms with E-state index in [-0.39, 0.29) is 17.9 Å². The molecule has 0 saturated carbocycles. The van der Waals surface area contributed by atoms with E-state index in [1.807, 2.05) is 5.32 Å². The van der Waals surface area contributed by atoms with Crippen molar-refractivity contribution in [3.05, 3.63) is 29.8 Å². The smallest absolute Gasteiger partial charge is 0.387 e. The molecule has 0 radical (unpaired) electrons. The van der Waals surface area contributed by atoms with E-state index < -0.39 is 18.5 Å². The number of alkyl halides is 2. The Morgan fingerprint density at radius 3 is 2.74 bits per heavy atom. The summed E-state index contributed by atoms with van der Waals surface area (Å²) in [4.78, 5) is 22.1. The molecule has 0 bridgehead atoms. The number of rotatable bonds is 4. The molecule has 1 aromatic rings. The number of nitrogens with one attached hydrogen (secondary N) is 1. The number of urea groups is 1. The van der Waals surface area contributed by atoms with Crippen molar-refractivity contribution in [1.82, 2.24) is 10.3 Å². The Kier molecular flexibility index (Phi) is 3.69. The average molecular weight is 269 g/mol. The summed E-state index contributed by atoms with van der Waals surface area (Å²) in [5.74, 6) is -0.536. The first kappa shape index (κ1) is 12.9. The minimum atomic E-state index is -2.95. The highest BCUT2D eigenvalue weighted by atomic mass is 19.3. The molecule has 3 amide bonds. The number of halogens is 2. The first-order valence-corrected chi connectivity index (χ1v) is 5.25. The number of imide groups is 1. The normalized spacial score (nSPS) is 15.4. The first-order chi connectivity index (χ1) is 9.06. The molecular formula is C11H9F2N3O3. The number of hydrogen-bond acceptors (Lipinski definition) is 4. The van der Waals surface area contributed by atoms with Crippen LogP contribution in [0.15, 0.2) is 29.4 Å². The maximum Gasteiger partial charge on any atom is 0.387 e. The van der Waals surface area contributed by atoms with Crippen molar-refractivity contribution < 1.29 is 23.1 Å². The molecule has 1 N–H and O–H groups in total. The van der Waals surface area contributed by atoms with Crippen LogP contribution < -0.4 is 10.1 Å². The van der Waals surface area contributed by atoms with Crippen LogP contribution in [0.4, 0.5) is 13.6 Å². The van der Waals surface area contributed by atoms with Crippen molar-refractivity contribution in [2.75, 3.05) is 6.54 Å². The highest BCUT2D eigenvalue weighted by molar-refractivity contribution is 6.02. The topological polar surface area (TPSA) is 71.0 Å². The summed E-state index contributed by atoms with van der Waals surface area (Å²) in [6.45, 7) is -3.15. The summed E-state index contributed by atoms with van der Waals surface area (Å²) in [5.41, 5.74) is 0.273. The number of carbonyl (C=O) groups excluding carboxylic acids is 2. The van der Waals surface area contributed by atoms with Gasteiger partial charge in [-0.3, -0.25) is 10.1 Å². The molecule has 8 heteroatoms. The molecular weight excluding hydrogens is 260 g/mol. The lowest BCUT2D eigenvalue weighted by atomic mass is 10.2. The molecule has 6 nitrogen and oxygen atoms in total. The first-order valence-electron chi connectivity index (χ1n) is 5.25. The highest BCUT2D eigenvalue weighted by Crippen LogP contribution is 2.18. The van der Waals surface area contributed by atoms with E-state index in [1.165, 1.54) is 24.4 Å². The lowest BCUT2D eigenvalue weighted by Crippen LogP contribution is -2.24. The fraction of sp³-hybridized carbons (Fsp3) is 0.182. The van der Waals surface area contributed by atoms with Gasteiger partial charge in [-0.2, -0.15) is 13.9 Å². The van der Waals surface area contributed by atoms with Crippen LogP contribution in [0.2, 0.25) is 0 Å². The van der Waals surface area contributed by atoms with E-state index in [0.717, 1.165) is 5.01 Å². The van der Waals surface area contributed by atoms with Crippen molar-refractivity contribution in [1.29, 1.82) is 0 Å². The van der Waals surface area contributed by atoms with Gasteiger partial charge in [0.25, 0.3) is 0 Å². The van der Waals surface area contributed by atoms with Crippen LogP contribution in [-0.2, 0) is 4.79 Å². The van der Waals surface area contributed by atoms with Crippen LogP contribution in [0.25, 0.3) is 0 Å². The van der Waals surface area contributed by atoms with Gasteiger partial charge >= 0.3 is 12.6 Å². The van der Waals surface area contributed by atoms with Gasteiger partial charge in [-0.25, -0.2) is 9.80 Å². The highest BCUT2D eigenvalue weighted by Gasteiger charge is 2.26. The van der Waals surface area contributed by atoms with Gasteiger partial charge < -0.3 is 4.74 Å². The molecule has 1 fully saturated rings. The summed E-state index contributed by atoms with van der Waals surface area (Å²) in [5, 5.41) is 6.67. The Morgan fingerprint density at radius 2 is 2.11 bits per heavy atom. The van der Waals surface area contributed by atoms with Crippen molar-refractivity contribution in [2.24, 2.45) is 5.10 Å². The van der Waals surface area contributed by atoms with E-state index in [2.05, 4.69) is 9.84 Å². The molecule has 19 heavy (non-hydrogen) atoms. The third-order valence-corrected chi connectivity index (χ3v) is 2.25. The van der Waals surface area contributed by atoms with Crippen molar-refractivity contribution in [3.63, 3.8) is 0 Å². The molecule has 1 aromatic carbocycles. The Hall–Kier alpha value is -2.51. The molecule has 0 spiro atoms. The fourth-order valence-corrected chi connectivity index (χ4v) is 1.45. The second kappa shape index (κ2) is 5.42. The van der Waals surface area contributed by atoms with E-state index in [0.29, 0.717) is 0 Å². The predicted molar refractivity (Wildman–Crippen MR) is 60.9 cm³/mol. The monoisotopic (exact) mass is 269 g/mol. The molecule has 1 heterocycles. The van der Waals surface area contributed by atoms with Gasteiger partial charge in [0.15, 0.2) is 0 Å². The Labute approximate surface area is 106 Å². The maximum atomic E-state index is 12.2. The SMILES string of the molecule is O=C1CN(/N=C/c2ccccc2OC(F)F)C(=O)N1. The molecule has 0 atom stereocenters. The number of nitrogens with zero attached hydrogens (tertiary/aromatic N) is 2. The third kappa shape index (κ3) is 3.24. The van der Waals surface area contributed by atoms with Crippen LogP contribution in [0.5, 0.6) is 5.75 Å². The summed E-state index contributed by atoms with van der Waals surface area (Å²) in [7, 11) is 0. The summed E-state index contributed by atoms with van der Waals surface area (Å²) >= 11 is 0. The zero-order valence-electron chi connectivity index (χ0n) is 9.55. The van der Waals surface area contributed by atoms with Crippen LogP contribution in [0.3, 0.4) is 0 Å². The second-order valence-corrected chi connectivity index (χ2v) is 3.57. The van der Waals surface area contributed by atoms with Gasteiger partial charge in [-0.1, -0.05) is 12.1 Å². The summed E-state index contributed by atoms with van der Waals surface area (Å²) < 4.78 is 28.6. The van der Waals surface area contributed by atoms with Gasteiger partial charge in [0.2, 0.25) is 5.91 Å². The van der Waals surface area contributed by atoms with Gasteiger partial charge in [-0.15, -0.1) is 0 Å². The number of carbonyl (C=O) groups is 2. The van der Waals surface area contributed by atoms with E-state index in [9.17, 15) is 18.4 Å². The Morgan fingerprint density at radius 1 is 1.37 bits per heavy atom. The third-order valence-electron chi connectivity index (χ3n) is 2.25. The zero-order valence-corrected chi connectivity index (χ0v) is 9.55. The van der Waals surface area contributed by atoms with E-state index in [1.54, 1.807) is 6.07 Å². The van der Waals surface area contributed by atoms with Gasteiger partial charge in [0.1, 0.15) is 12.3 Å². The molecule has 1 saturated heterocycles. The van der Waals surface area contributed by atoms with Crippen molar-refractivity contribution in [3.8, 4) is 5.75 Å². The van der Waals surface area contributed by atoms with Crippen LogP contribution >= 0.6 is 0 Å². The molecule has 1 aliphatic heterocycles. The second-order valence-electron chi connectivity index (χ2n) is 3.57. The number of amides is 3. The number of benzene rings is 1. The minimum Gasteiger partial charge on any atom is -0.434 e. The standard InChI is InChI=1S/C11H9F2N3O3/c12-10(13)19-8-4-2-1-3-7(8)5-14-16-6-9(17)15-11(16)18/h1-5,10H,6H2,(H,15,17,18)/b14-5+. The fourth-order valence-electron chi connectivity index (χ4n) is 1.45. The molecule has 0 aliphatic carbocycles. The van der Waals surface area contributed by atoms with Crippen LogP contribution in [-0.4, -0.2) is 36.3 Å². The average Bonchev–Trinajstić information content (AvgIpc) is 2.66. The number of para-hydroxylation sites is 1. The lowest BCUT2D eigenvalue weighted by molar-refractivity contribution is -0.118. The number of hydrazone groups is 1. The Bertz CT molecular complexity index is 534. The minimum absolute atomic E-state index is 0.0628.